The Morgan fingerprint density at radius 3 is 2.76 bits per heavy atom. The molecule has 2 aromatic heterocycles. The van der Waals surface area contributed by atoms with E-state index in [1.807, 2.05) is 12.1 Å². The first-order valence-corrected chi connectivity index (χ1v) is 7.91. The molecule has 0 amide bonds. The van der Waals surface area contributed by atoms with E-state index in [1.54, 1.807) is 6.20 Å². The fourth-order valence-electron chi connectivity index (χ4n) is 2.71. The number of hydrogen-bond donors (Lipinski definition) is 1. The van der Waals surface area contributed by atoms with Crippen LogP contribution < -0.4 is 5.32 Å². The minimum absolute atomic E-state index is 0.625. The number of nitrogens with zero attached hydrogens (tertiary/aromatic N) is 3. The first-order valence-electron chi connectivity index (χ1n) is 7.53. The van der Waals surface area contributed by atoms with Gasteiger partial charge in [-0.3, -0.25) is 4.98 Å². The smallest absolute Gasteiger partial charge is 0.180 e. The molecule has 0 fully saturated rings. The van der Waals surface area contributed by atoms with Crippen LogP contribution in [-0.2, 0) is 12.8 Å². The third-order valence-electron chi connectivity index (χ3n) is 3.73. The van der Waals surface area contributed by atoms with Crippen molar-refractivity contribution in [3.05, 3.63) is 34.6 Å². The van der Waals surface area contributed by atoms with Crippen LogP contribution in [0.1, 0.15) is 37.4 Å². The molecule has 21 heavy (non-hydrogen) atoms. The zero-order valence-corrected chi connectivity index (χ0v) is 13.0. The number of aryl methyl sites for hydroxylation is 1. The van der Waals surface area contributed by atoms with Crippen molar-refractivity contribution >= 4 is 17.4 Å². The Kier molecular flexibility index (Phi) is 4.34. The molecule has 1 aliphatic rings. The molecule has 0 aliphatic heterocycles. The van der Waals surface area contributed by atoms with Crippen LogP contribution in [0.25, 0.3) is 11.5 Å². The molecule has 0 spiro atoms. The molecule has 1 N–H and O–H groups in total. The Bertz CT molecular complexity index is 625. The number of hydrogen-bond acceptors (Lipinski definition) is 4. The maximum Gasteiger partial charge on any atom is 0.180 e. The molecule has 0 unspecified atom stereocenters. The average molecular weight is 303 g/mol. The average Bonchev–Trinajstić information content (AvgIpc) is 2.73. The normalized spacial score (nSPS) is 14.4. The summed E-state index contributed by atoms with van der Waals surface area (Å²) in [6, 6.07) is 3.70. The van der Waals surface area contributed by atoms with Crippen LogP contribution >= 0.6 is 11.6 Å². The summed E-state index contributed by atoms with van der Waals surface area (Å²) in [5.41, 5.74) is 3.22. The molecule has 2 heterocycles. The van der Waals surface area contributed by atoms with E-state index >= 15 is 0 Å². The van der Waals surface area contributed by atoms with Gasteiger partial charge in [-0.05, 0) is 44.7 Å². The highest BCUT2D eigenvalue weighted by Crippen LogP contribution is 2.27. The summed E-state index contributed by atoms with van der Waals surface area (Å²) in [6.07, 6.45) is 7.40. The number of halogens is 1. The summed E-state index contributed by atoms with van der Waals surface area (Å²) in [4.78, 5) is 13.8. The van der Waals surface area contributed by atoms with E-state index in [9.17, 15) is 0 Å². The second-order valence-corrected chi connectivity index (χ2v) is 5.71. The Labute approximate surface area is 130 Å². The summed E-state index contributed by atoms with van der Waals surface area (Å²) in [5, 5.41) is 4.01. The van der Waals surface area contributed by atoms with Crippen LogP contribution in [0.15, 0.2) is 18.3 Å². The van der Waals surface area contributed by atoms with Crippen molar-refractivity contribution < 1.29 is 0 Å². The van der Waals surface area contributed by atoms with Gasteiger partial charge in [0.2, 0.25) is 0 Å². The largest absolute Gasteiger partial charge is 0.370 e. The standard InChI is InChI=1S/C16H19ClN4/c1-2-18-15-12-6-4-3-5-7-13(12)20-16(21-15)14-9-8-11(17)10-19-14/h8-10H,2-7H2,1H3,(H,18,20,21). The zero-order chi connectivity index (χ0) is 14.7. The number of rotatable bonds is 3. The molecule has 0 bridgehead atoms. The Hall–Kier alpha value is -1.68. The van der Waals surface area contributed by atoms with Gasteiger partial charge >= 0.3 is 0 Å². The zero-order valence-electron chi connectivity index (χ0n) is 12.2. The number of pyridine rings is 1. The first kappa shape index (κ1) is 14.3. The van der Waals surface area contributed by atoms with Crippen LogP contribution in [-0.4, -0.2) is 21.5 Å². The molecule has 0 radical (unpaired) electrons. The van der Waals surface area contributed by atoms with Crippen molar-refractivity contribution in [1.29, 1.82) is 0 Å². The Morgan fingerprint density at radius 1 is 1.14 bits per heavy atom. The quantitative estimate of drug-likeness (QED) is 0.874. The minimum atomic E-state index is 0.625. The summed E-state index contributed by atoms with van der Waals surface area (Å²) in [6.45, 7) is 2.95. The Balaban J connectivity index is 2.07. The van der Waals surface area contributed by atoms with E-state index in [1.165, 1.54) is 30.5 Å². The van der Waals surface area contributed by atoms with Crippen LogP contribution in [0.3, 0.4) is 0 Å². The van der Waals surface area contributed by atoms with Crippen molar-refractivity contribution in [2.45, 2.75) is 39.0 Å². The predicted octanol–water partition coefficient (Wildman–Crippen LogP) is 3.89. The molecule has 0 saturated heterocycles. The number of anilines is 1. The molecule has 1 aliphatic carbocycles. The highest BCUT2D eigenvalue weighted by Gasteiger charge is 2.17. The topological polar surface area (TPSA) is 50.7 Å². The maximum absolute atomic E-state index is 5.90. The second-order valence-electron chi connectivity index (χ2n) is 5.27. The summed E-state index contributed by atoms with van der Waals surface area (Å²) in [5.74, 6) is 1.65. The number of nitrogens with one attached hydrogen (secondary N) is 1. The number of fused-ring (bicyclic) bond motifs is 1. The second kappa shape index (κ2) is 6.39. The van der Waals surface area contributed by atoms with E-state index < -0.39 is 0 Å². The van der Waals surface area contributed by atoms with Crippen molar-refractivity contribution in [3.8, 4) is 11.5 Å². The molecule has 3 rings (SSSR count). The van der Waals surface area contributed by atoms with Gasteiger partial charge in [-0.2, -0.15) is 0 Å². The first-order chi connectivity index (χ1) is 10.3. The molecule has 4 nitrogen and oxygen atoms in total. The lowest BCUT2D eigenvalue weighted by Crippen LogP contribution is -2.09. The highest BCUT2D eigenvalue weighted by molar-refractivity contribution is 6.30. The van der Waals surface area contributed by atoms with Crippen LogP contribution in [0.4, 0.5) is 5.82 Å². The van der Waals surface area contributed by atoms with E-state index in [4.69, 9.17) is 16.6 Å². The van der Waals surface area contributed by atoms with Crippen molar-refractivity contribution in [3.63, 3.8) is 0 Å². The minimum Gasteiger partial charge on any atom is -0.370 e. The lowest BCUT2D eigenvalue weighted by Gasteiger charge is -2.13. The van der Waals surface area contributed by atoms with E-state index in [2.05, 4.69) is 22.2 Å². The van der Waals surface area contributed by atoms with E-state index in [0.29, 0.717) is 10.8 Å². The summed E-state index contributed by atoms with van der Waals surface area (Å²) in [7, 11) is 0. The Morgan fingerprint density at radius 2 is 2.00 bits per heavy atom. The lowest BCUT2D eigenvalue weighted by atomic mass is 10.1. The van der Waals surface area contributed by atoms with Crippen LogP contribution in [0.2, 0.25) is 5.02 Å². The summed E-state index contributed by atoms with van der Waals surface area (Å²) >= 11 is 5.90. The molecule has 0 aromatic carbocycles. The third-order valence-corrected chi connectivity index (χ3v) is 3.96. The number of aromatic nitrogens is 3. The van der Waals surface area contributed by atoms with Gasteiger partial charge in [0.05, 0.1) is 5.02 Å². The van der Waals surface area contributed by atoms with Gasteiger partial charge in [0.1, 0.15) is 11.5 Å². The van der Waals surface area contributed by atoms with Crippen molar-refractivity contribution in [2.75, 3.05) is 11.9 Å². The van der Waals surface area contributed by atoms with Gasteiger partial charge in [0.25, 0.3) is 0 Å². The molecule has 5 heteroatoms. The van der Waals surface area contributed by atoms with Gasteiger partial charge in [-0.1, -0.05) is 18.0 Å². The van der Waals surface area contributed by atoms with Crippen LogP contribution in [0.5, 0.6) is 0 Å². The predicted molar refractivity (Wildman–Crippen MR) is 85.7 cm³/mol. The van der Waals surface area contributed by atoms with Crippen molar-refractivity contribution in [1.82, 2.24) is 15.0 Å². The molecular formula is C16H19ClN4. The van der Waals surface area contributed by atoms with Crippen LogP contribution in [0, 0.1) is 0 Å². The monoisotopic (exact) mass is 302 g/mol. The van der Waals surface area contributed by atoms with Crippen molar-refractivity contribution in [2.24, 2.45) is 0 Å². The van der Waals surface area contributed by atoms with E-state index in [-0.39, 0.29) is 0 Å². The molecule has 110 valence electrons. The molecule has 2 aromatic rings. The highest BCUT2D eigenvalue weighted by atomic mass is 35.5. The molecular weight excluding hydrogens is 284 g/mol. The van der Waals surface area contributed by atoms with Gasteiger partial charge < -0.3 is 5.32 Å². The molecule has 0 saturated carbocycles. The SMILES string of the molecule is CCNc1nc(-c2ccc(Cl)cn2)nc2c1CCCCC2. The lowest BCUT2D eigenvalue weighted by molar-refractivity contribution is 0.709. The fraction of sp³-hybridized carbons (Fsp3) is 0.438. The maximum atomic E-state index is 5.90. The summed E-state index contributed by atoms with van der Waals surface area (Å²) < 4.78 is 0. The van der Waals surface area contributed by atoms with Gasteiger partial charge in [-0.25, -0.2) is 9.97 Å². The van der Waals surface area contributed by atoms with E-state index in [0.717, 1.165) is 30.9 Å². The third kappa shape index (κ3) is 3.16. The van der Waals surface area contributed by atoms with Gasteiger partial charge in [0, 0.05) is 24.0 Å². The van der Waals surface area contributed by atoms with Gasteiger partial charge in [-0.15, -0.1) is 0 Å². The van der Waals surface area contributed by atoms with Gasteiger partial charge in [0.15, 0.2) is 5.82 Å². The molecule has 0 atom stereocenters. The fourth-order valence-corrected chi connectivity index (χ4v) is 2.82.